The summed E-state index contributed by atoms with van der Waals surface area (Å²) in [6.45, 7) is 5.54. The second kappa shape index (κ2) is 6.53. The fraction of sp³-hybridized carbons (Fsp3) is 0.500. The molecule has 0 fully saturated rings. The number of ether oxygens (including phenoxy) is 1. The van der Waals surface area contributed by atoms with Gasteiger partial charge in [-0.05, 0) is 26.3 Å². The van der Waals surface area contributed by atoms with Crippen molar-refractivity contribution in [2.45, 2.75) is 32.4 Å². The molecule has 1 aromatic carbocycles. The van der Waals surface area contributed by atoms with Gasteiger partial charge in [-0.1, -0.05) is 12.1 Å². The van der Waals surface area contributed by atoms with Crippen LogP contribution in [-0.2, 0) is 4.74 Å². The third-order valence-corrected chi connectivity index (χ3v) is 2.68. The fourth-order valence-electron chi connectivity index (χ4n) is 1.68. The van der Waals surface area contributed by atoms with E-state index in [1.807, 2.05) is 0 Å². The van der Waals surface area contributed by atoms with Crippen LogP contribution in [0.1, 0.15) is 32.4 Å². The molecule has 1 amide bonds. The highest BCUT2D eigenvalue weighted by Crippen LogP contribution is 2.19. The van der Waals surface area contributed by atoms with Crippen molar-refractivity contribution in [2.24, 2.45) is 5.73 Å². The average molecular weight is 295 g/mol. The normalized spacial score (nSPS) is 12.6. The molecule has 0 heterocycles. The van der Waals surface area contributed by atoms with E-state index in [1.165, 1.54) is 17.0 Å². The molecule has 1 unspecified atom stereocenters. The third kappa shape index (κ3) is 5.39. The molecule has 0 saturated heterocycles. The Kier molecular flexibility index (Phi) is 5.26. The molecule has 0 bridgehead atoms. The zero-order chi connectivity index (χ0) is 16.2. The lowest BCUT2D eigenvalue weighted by molar-refractivity contribution is -0.384. The lowest BCUT2D eigenvalue weighted by atomic mass is 10.1. The van der Waals surface area contributed by atoms with Gasteiger partial charge in [0.1, 0.15) is 5.60 Å². The van der Waals surface area contributed by atoms with Crippen molar-refractivity contribution >= 4 is 11.8 Å². The molecule has 0 aliphatic heterocycles. The number of carbonyl (C=O) groups is 1. The number of nitro benzene ring substituents is 1. The first-order valence-electron chi connectivity index (χ1n) is 6.54. The minimum atomic E-state index is -0.582. The van der Waals surface area contributed by atoms with Crippen molar-refractivity contribution in [1.29, 1.82) is 0 Å². The predicted molar refractivity (Wildman–Crippen MR) is 78.9 cm³/mol. The molecular weight excluding hydrogens is 274 g/mol. The number of likely N-dealkylation sites (N-methyl/N-ethyl adjacent to an activating group) is 1. The molecule has 0 radical (unpaired) electrons. The minimum absolute atomic E-state index is 0.0251. The van der Waals surface area contributed by atoms with E-state index in [1.54, 1.807) is 40.0 Å². The van der Waals surface area contributed by atoms with Crippen LogP contribution in [0.2, 0.25) is 0 Å². The summed E-state index contributed by atoms with van der Waals surface area (Å²) >= 11 is 0. The molecule has 2 N–H and O–H groups in total. The number of carbonyl (C=O) groups excluding carboxylic acids is 1. The van der Waals surface area contributed by atoms with Gasteiger partial charge in [0.05, 0.1) is 4.92 Å². The first kappa shape index (κ1) is 16.9. The van der Waals surface area contributed by atoms with Gasteiger partial charge in [-0.2, -0.15) is 0 Å². The second-order valence-corrected chi connectivity index (χ2v) is 5.82. The Morgan fingerprint density at radius 1 is 1.48 bits per heavy atom. The molecule has 0 aromatic heterocycles. The minimum Gasteiger partial charge on any atom is -0.444 e. The Balaban J connectivity index is 2.72. The monoisotopic (exact) mass is 295 g/mol. The standard InChI is InChI=1S/C14H21N3O4/c1-14(2,3)21-13(18)16(4)9-12(15)10-6-5-7-11(8-10)17(19)20/h5-8,12H,9,15H2,1-4H3. The number of hydrogen-bond donors (Lipinski definition) is 1. The van der Waals surface area contributed by atoms with Crippen LogP contribution in [0, 0.1) is 10.1 Å². The molecule has 1 atom stereocenters. The highest BCUT2D eigenvalue weighted by molar-refractivity contribution is 5.67. The van der Waals surface area contributed by atoms with E-state index in [9.17, 15) is 14.9 Å². The van der Waals surface area contributed by atoms with Gasteiger partial charge in [-0.15, -0.1) is 0 Å². The summed E-state index contributed by atoms with van der Waals surface area (Å²) in [6, 6.07) is 5.55. The van der Waals surface area contributed by atoms with Gasteiger partial charge in [0, 0.05) is 31.8 Å². The van der Waals surface area contributed by atoms with E-state index >= 15 is 0 Å². The highest BCUT2D eigenvalue weighted by Gasteiger charge is 2.21. The first-order valence-corrected chi connectivity index (χ1v) is 6.54. The van der Waals surface area contributed by atoms with Crippen molar-refractivity contribution in [3.63, 3.8) is 0 Å². The van der Waals surface area contributed by atoms with E-state index in [0.29, 0.717) is 5.56 Å². The van der Waals surface area contributed by atoms with Crippen LogP contribution in [0.25, 0.3) is 0 Å². The molecule has 21 heavy (non-hydrogen) atoms. The molecule has 0 aliphatic carbocycles. The number of non-ortho nitro benzene ring substituents is 1. The largest absolute Gasteiger partial charge is 0.444 e. The van der Waals surface area contributed by atoms with E-state index in [-0.39, 0.29) is 12.2 Å². The quantitative estimate of drug-likeness (QED) is 0.679. The summed E-state index contributed by atoms with van der Waals surface area (Å²) in [5.41, 5.74) is 5.98. The van der Waals surface area contributed by atoms with Crippen molar-refractivity contribution in [3.05, 3.63) is 39.9 Å². The van der Waals surface area contributed by atoms with Gasteiger partial charge in [-0.25, -0.2) is 4.79 Å². The number of rotatable bonds is 4. The van der Waals surface area contributed by atoms with Crippen molar-refractivity contribution in [3.8, 4) is 0 Å². The van der Waals surface area contributed by atoms with Crippen molar-refractivity contribution < 1.29 is 14.5 Å². The van der Waals surface area contributed by atoms with Crippen LogP contribution in [-0.4, -0.2) is 35.1 Å². The Bertz CT molecular complexity index is 525. The molecule has 7 heteroatoms. The molecule has 0 spiro atoms. The molecule has 0 aliphatic rings. The topological polar surface area (TPSA) is 98.7 Å². The summed E-state index contributed by atoms with van der Waals surface area (Å²) < 4.78 is 5.22. The van der Waals surface area contributed by atoms with Crippen LogP contribution in [0.5, 0.6) is 0 Å². The van der Waals surface area contributed by atoms with Crippen molar-refractivity contribution in [2.75, 3.05) is 13.6 Å². The van der Waals surface area contributed by atoms with Gasteiger partial charge in [0.15, 0.2) is 0 Å². The summed E-state index contributed by atoms with van der Waals surface area (Å²) in [6.07, 6.45) is -0.483. The van der Waals surface area contributed by atoms with Crippen LogP contribution < -0.4 is 5.73 Å². The third-order valence-electron chi connectivity index (χ3n) is 2.68. The first-order chi connectivity index (χ1) is 9.60. The Morgan fingerprint density at radius 3 is 2.62 bits per heavy atom. The Morgan fingerprint density at radius 2 is 2.10 bits per heavy atom. The van der Waals surface area contributed by atoms with E-state index in [0.717, 1.165) is 0 Å². The second-order valence-electron chi connectivity index (χ2n) is 5.82. The van der Waals surface area contributed by atoms with E-state index in [4.69, 9.17) is 10.5 Å². The molecule has 0 saturated carbocycles. The van der Waals surface area contributed by atoms with Gasteiger partial charge < -0.3 is 15.4 Å². The zero-order valence-corrected chi connectivity index (χ0v) is 12.7. The maximum absolute atomic E-state index is 11.8. The maximum Gasteiger partial charge on any atom is 0.410 e. The fourth-order valence-corrected chi connectivity index (χ4v) is 1.68. The van der Waals surface area contributed by atoms with Crippen LogP contribution in [0.3, 0.4) is 0 Å². The number of benzene rings is 1. The molecule has 1 aromatic rings. The van der Waals surface area contributed by atoms with Gasteiger partial charge in [0.25, 0.3) is 5.69 Å². The smallest absolute Gasteiger partial charge is 0.410 e. The van der Waals surface area contributed by atoms with Gasteiger partial charge in [0.2, 0.25) is 0 Å². The molecule has 1 rings (SSSR count). The maximum atomic E-state index is 11.8. The highest BCUT2D eigenvalue weighted by atomic mass is 16.6. The van der Waals surface area contributed by atoms with E-state index < -0.39 is 22.7 Å². The number of nitro groups is 1. The lowest BCUT2D eigenvalue weighted by Crippen LogP contribution is -2.38. The van der Waals surface area contributed by atoms with Crippen LogP contribution >= 0.6 is 0 Å². The van der Waals surface area contributed by atoms with Crippen molar-refractivity contribution in [1.82, 2.24) is 4.90 Å². The SMILES string of the molecule is CN(CC(N)c1cccc([N+](=O)[O-])c1)C(=O)OC(C)(C)C. The number of amides is 1. The lowest BCUT2D eigenvalue weighted by Gasteiger charge is -2.26. The summed E-state index contributed by atoms with van der Waals surface area (Å²) in [5, 5.41) is 10.7. The number of hydrogen-bond acceptors (Lipinski definition) is 5. The zero-order valence-electron chi connectivity index (χ0n) is 12.7. The molecular formula is C14H21N3O4. The Hall–Kier alpha value is -2.15. The number of nitrogens with two attached hydrogens (primary N) is 1. The van der Waals surface area contributed by atoms with Gasteiger partial charge in [-0.3, -0.25) is 10.1 Å². The van der Waals surface area contributed by atoms with Gasteiger partial charge >= 0.3 is 6.09 Å². The van der Waals surface area contributed by atoms with Crippen LogP contribution in [0.4, 0.5) is 10.5 Å². The van der Waals surface area contributed by atoms with Crippen LogP contribution in [0.15, 0.2) is 24.3 Å². The summed E-state index contributed by atoms with van der Waals surface area (Å²) in [4.78, 5) is 23.5. The van der Waals surface area contributed by atoms with E-state index in [2.05, 4.69) is 0 Å². The predicted octanol–water partition coefficient (Wildman–Crippen LogP) is 2.46. The number of nitrogens with zero attached hydrogens (tertiary/aromatic N) is 2. The summed E-state index contributed by atoms with van der Waals surface area (Å²) in [7, 11) is 1.57. The Labute approximate surface area is 123 Å². The molecule has 116 valence electrons. The molecule has 7 nitrogen and oxygen atoms in total. The average Bonchev–Trinajstić information content (AvgIpc) is 2.36. The summed E-state index contributed by atoms with van der Waals surface area (Å²) in [5.74, 6) is 0.